The lowest BCUT2D eigenvalue weighted by Gasteiger charge is -2.33. The van der Waals surface area contributed by atoms with Crippen LogP contribution in [0.25, 0.3) is 0 Å². The smallest absolute Gasteiger partial charge is 0.326 e. The van der Waals surface area contributed by atoms with Gasteiger partial charge in [-0.25, -0.2) is 13.2 Å². The summed E-state index contributed by atoms with van der Waals surface area (Å²) in [4.78, 5) is 25.2. The SMILES string of the molecule is O=C(O)[C@H]1CCCCN1C(=O)CCS(=O)(=O)c1ccc2c(c1)CCC2. The number of carboxylic acid groups (broad SMARTS) is 1. The van der Waals surface area contributed by atoms with E-state index >= 15 is 0 Å². The minimum Gasteiger partial charge on any atom is -0.480 e. The fourth-order valence-electron chi connectivity index (χ4n) is 3.71. The molecular formula is C18H23NO5S. The molecule has 7 heteroatoms. The molecule has 1 amide bonds. The van der Waals surface area contributed by atoms with E-state index in [1.54, 1.807) is 12.1 Å². The number of carbonyl (C=O) groups is 2. The van der Waals surface area contributed by atoms with Gasteiger partial charge in [-0.05, 0) is 61.8 Å². The number of fused-ring (bicyclic) bond motifs is 1. The first kappa shape index (κ1) is 17.9. The largest absolute Gasteiger partial charge is 0.480 e. The predicted molar refractivity (Wildman–Crippen MR) is 92.1 cm³/mol. The molecule has 3 rings (SSSR count). The Hall–Kier alpha value is -1.89. The fourth-order valence-corrected chi connectivity index (χ4v) is 4.99. The summed E-state index contributed by atoms with van der Waals surface area (Å²) >= 11 is 0. The number of aryl methyl sites for hydroxylation is 2. The van der Waals surface area contributed by atoms with Crippen molar-refractivity contribution in [1.82, 2.24) is 4.90 Å². The fraction of sp³-hybridized carbons (Fsp3) is 0.556. The van der Waals surface area contributed by atoms with E-state index in [1.165, 1.54) is 10.5 Å². The van der Waals surface area contributed by atoms with E-state index in [2.05, 4.69) is 0 Å². The molecule has 1 atom stereocenters. The molecular weight excluding hydrogens is 342 g/mol. The molecule has 1 aromatic carbocycles. The summed E-state index contributed by atoms with van der Waals surface area (Å²) in [5.41, 5.74) is 2.28. The quantitative estimate of drug-likeness (QED) is 0.859. The summed E-state index contributed by atoms with van der Waals surface area (Å²) in [7, 11) is -3.55. The van der Waals surface area contributed by atoms with Crippen molar-refractivity contribution in [2.24, 2.45) is 0 Å². The number of hydrogen-bond acceptors (Lipinski definition) is 4. The topological polar surface area (TPSA) is 91.8 Å². The van der Waals surface area contributed by atoms with Crippen molar-refractivity contribution in [3.8, 4) is 0 Å². The number of likely N-dealkylation sites (tertiary alicyclic amines) is 1. The molecule has 0 saturated carbocycles. The van der Waals surface area contributed by atoms with E-state index < -0.39 is 27.8 Å². The molecule has 1 fully saturated rings. The first-order valence-electron chi connectivity index (χ1n) is 8.75. The second-order valence-corrected chi connectivity index (χ2v) is 8.90. The number of benzene rings is 1. The lowest BCUT2D eigenvalue weighted by molar-refractivity contribution is -0.151. The van der Waals surface area contributed by atoms with Crippen molar-refractivity contribution in [1.29, 1.82) is 0 Å². The van der Waals surface area contributed by atoms with Gasteiger partial charge in [0.1, 0.15) is 6.04 Å². The number of carboxylic acids is 1. The second kappa shape index (κ2) is 7.15. The van der Waals surface area contributed by atoms with E-state index in [1.807, 2.05) is 6.07 Å². The Kier molecular flexibility index (Phi) is 5.13. The maximum atomic E-state index is 12.5. The zero-order valence-corrected chi connectivity index (χ0v) is 14.9. The van der Waals surface area contributed by atoms with E-state index in [4.69, 9.17) is 0 Å². The molecule has 0 unspecified atom stereocenters. The van der Waals surface area contributed by atoms with Crippen molar-refractivity contribution >= 4 is 21.7 Å². The van der Waals surface area contributed by atoms with Crippen molar-refractivity contribution in [3.63, 3.8) is 0 Å². The van der Waals surface area contributed by atoms with Gasteiger partial charge in [-0.2, -0.15) is 0 Å². The van der Waals surface area contributed by atoms with Crippen LogP contribution >= 0.6 is 0 Å². The van der Waals surface area contributed by atoms with Gasteiger partial charge in [0.15, 0.2) is 9.84 Å². The van der Waals surface area contributed by atoms with Gasteiger partial charge >= 0.3 is 5.97 Å². The van der Waals surface area contributed by atoms with E-state index in [0.29, 0.717) is 13.0 Å². The van der Waals surface area contributed by atoms with E-state index in [9.17, 15) is 23.1 Å². The molecule has 0 bridgehead atoms. The van der Waals surface area contributed by atoms with Crippen LogP contribution in [0.3, 0.4) is 0 Å². The molecule has 0 aromatic heterocycles. The number of piperidine rings is 1. The highest BCUT2D eigenvalue weighted by atomic mass is 32.2. The summed E-state index contributed by atoms with van der Waals surface area (Å²) in [6, 6.07) is 4.37. The summed E-state index contributed by atoms with van der Waals surface area (Å²) in [5.74, 6) is -1.70. The number of rotatable bonds is 5. The summed E-state index contributed by atoms with van der Waals surface area (Å²) in [6.07, 6.45) is 4.71. The van der Waals surface area contributed by atoms with Gasteiger partial charge in [0.2, 0.25) is 5.91 Å². The minimum absolute atomic E-state index is 0.177. The van der Waals surface area contributed by atoms with E-state index in [-0.39, 0.29) is 17.1 Å². The molecule has 1 saturated heterocycles. The average molecular weight is 365 g/mol. The van der Waals surface area contributed by atoms with Crippen molar-refractivity contribution in [2.75, 3.05) is 12.3 Å². The molecule has 25 heavy (non-hydrogen) atoms. The van der Waals surface area contributed by atoms with Gasteiger partial charge < -0.3 is 10.0 Å². The highest BCUT2D eigenvalue weighted by molar-refractivity contribution is 7.91. The van der Waals surface area contributed by atoms with Crippen LogP contribution in [0, 0.1) is 0 Å². The number of carbonyl (C=O) groups excluding carboxylic acids is 1. The van der Waals surface area contributed by atoms with Crippen molar-refractivity contribution < 1.29 is 23.1 Å². The van der Waals surface area contributed by atoms with Crippen molar-refractivity contribution in [2.45, 2.75) is 55.9 Å². The molecule has 1 heterocycles. The maximum absolute atomic E-state index is 12.5. The highest BCUT2D eigenvalue weighted by Gasteiger charge is 2.32. The number of hydrogen-bond donors (Lipinski definition) is 1. The summed E-state index contributed by atoms with van der Waals surface area (Å²) < 4.78 is 25.1. The number of nitrogens with zero attached hydrogens (tertiary/aromatic N) is 1. The maximum Gasteiger partial charge on any atom is 0.326 e. The van der Waals surface area contributed by atoms with Crippen LogP contribution in [0.5, 0.6) is 0 Å². The van der Waals surface area contributed by atoms with Crippen LogP contribution in [0.15, 0.2) is 23.1 Å². The molecule has 1 aliphatic heterocycles. The molecule has 1 aromatic rings. The third kappa shape index (κ3) is 3.86. The second-order valence-electron chi connectivity index (χ2n) is 6.79. The Morgan fingerprint density at radius 2 is 1.88 bits per heavy atom. The van der Waals surface area contributed by atoms with Gasteiger partial charge in [-0.15, -0.1) is 0 Å². The Morgan fingerprint density at radius 3 is 2.64 bits per heavy atom. The van der Waals surface area contributed by atoms with Crippen LogP contribution < -0.4 is 0 Å². The van der Waals surface area contributed by atoms with Crippen molar-refractivity contribution in [3.05, 3.63) is 29.3 Å². The van der Waals surface area contributed by atoms with Gasteiger partial charge in [0.05, 0.1) is 10.6 Å². The third-order valence-corrected chi connectivity index (χ3v) is 6.84. The minimum atomic E-state index is -3.55. The Morgan fingerprint density at radius 1 is 1.12 bits per heavy atom. The third-order valence-electron chi connectivity index (χ3n) is 5.12. The molecule has 1 aliphatic carbocycles. The summed E-state index contributed by atoms with van der Waals surface area (Å²) in [5, 5.41) is 9.24. The summed E-state index contributed by atoms with van der Waals surface area (Å²) in [6.45, 7) is 0.384. The van der Waals surface area contributed by atoms with Crippen LogP contribution in [0.4, 0.5) is 0 Å². The molecule has 1 N–H and O–H groups in total. The molecule has 136 valence electrons. The molecule has 0 spiro atoms. The first-order chi connectivity index (χ1) is 11.9. The van der Waals surface area contributed by atoms with Gasteiger partial charge in [-0.3, -0.25) is 4.79 Å². The monoisotopic (exact) mass is 365 g/mol. The first-order valence-corrected chi connectivity index (χ1v) is 10.4. The van der Waals surface area contributed by atoms with Crippen LogP contribution in [-0.2, 0) is 32.3 Å². The number of aliphatic carboxylic acids is 1. The predicted octanol–water partition coefficient (Wildman–Crippen LogP) is 1.80. The highest BCUT2D eigenvalue weighted by Crippen LogP contribution is 2.26. The normalized spacial score (nSPS) is 20.3. The van der Waals surface area contributed by atoms with Gasteiger partial charge in [-0.1, -0.05) is 6.07 Å². The standard InChI is InChI=1S/C18H23NO5S/c20-17(19-10-2-1-6-16(19)18(21)22)9-11-25(23,24)15-8-7-13-4-3-5-14(13)12-15/h7-8,12,16H,1-6,9-11H2,(H,21,22)/t16-/m1/s1. The van der Waals surface area contributed by atoms with Gasteiger partial charge in [0.25, 0.3) is 0 Å². The molecule has 6 nitrogen and oxygen atoms in total. The average Bonchev–Trinajstić information content (AvgIpc) is 3.07. The van der Waals surface area contributed by atoms with Crippen LogP contribution in [0.1, 0.15) is 43.2 Å². The number of amides is 1. The van der Waals surface area contributed by atoms with Gasteiger partial charge in [0, 0.05) is 13.0 Å². The Balaban J connectivity index is 1.67. The lowest BCUT2D eigenvalue weighted by Crippen LogP contribution is -2.48. The molecule has 0 radical (unpaired) electrons. The van der Waals surface area contributed by atoms with Crippen LogP contribution in [-0.4, -0.2) is 48.6 Å². The number of sulfone groups is 1. The zero-order chi connectivity index (χ0) is 18.0. The Labute approximate surface area is 147 Å². The Bertz CT molecular complexity index is 787. The lowest BCUT2D eigenvalue weighted by atomic mass is 10.0. The van der Waals surface area contributed by atoms with Crippen LogP contribution in [0.2, 0.25) is 0 Å². The molecule has 2 aliphatic rings. The zero-order valence-electron chi connectivity index (χ0n) is 14.1. The van der Waals surface area contributed by atoms with E-state index in [0.717, 1.165) is 37.7 Å².